The Balaban J connectivity index is 1.48. The Morgan fingerprint density at radius 3 is 2.16 bits per heavy atom. The van der Waals surface area contributed by atoms with Gasteiger partial charge >= 0.3 is 0 Å². The van der Waals surface area contributed by atoms with Crippen LogP contribution in [0, 0.1) is 6.92 Å². The second-order valence-electron chi connectivity index (χ2n) is 10.1. The molecule has 2 aromatic heterocycles. The van der Waals surface area contributed by atoms with Gasteiger partial charge in [-0.1, -0.05) is 73.0 Å². The van der Waals surface area contributed by atoms with Crippen LogP contribution in [0.15, 0.2) is 109 Å². The zero-order chi connectivity index (χ0) is 25.1. The molecule has 0 unspecified atom stereocenters. The molecule has 1 saturated heterocycles. The molecular formula is C32H32N4Si. The van der Waals surface area contributed by atoms with Crippen LogP contribution in [-0.4, -0.2) is 23.3 Å². The fourth-order valence-corrected chi connectivity index (χ4v) is 10.7. The number of pyridine rings is 1. The molecule has 1 aliphatic heterocycles. The first-order chi connectivity index (χ1) is 18.2. The van der Waals surface area contributed by atoms with Gasteiger partial charge in [-0.05, 0) is 73.6 Å². The normalized spacial score (nSPS) is 14.8. The van der Waals surface area contributed by atoms with Crippen molar-refractivity contribution in [1.82, 2.24) is 15.2 Å². The van der Waals surface area contributed by atoms with Crippen molar-refractivity contribution in [3.05, 3.63) is 115 Å². The number of nitrogens with zero attached hydrogens (tertiary/aromatic N) is 3. The molecule has 1 aliphatic rings. The van der Waals surface area contributed by atoms with E-state index in [1.807, 2.05) is 19.2 Å². The molecule has 0 aliphatic carbocycles. The summed E-state index contributed by atoms with van der Waals surface area (Å²) < 4.78 is 0. The highest BCUT2D eigenvalue weighted by atomic mass is 28.3. The van der Waals surface area contributed by atoms with E-state index in [9.17, 15) is 0 Å². The van der Waals surface area contributed by atoms with Gasteiger partial charge in [0.2, 0.25) is 0 Å². The van der Waals surface area contributed by atoms with E-state index >= 15 is 0 Å². The lowest BCUT2D eigenvalue weighted by molar-refractivity contribution is 0.719. The molecule has 6 rings (SSSR count). The quantitative estimate of drug-likeness (QED) is 0.255. The van der Waals surface area contributed by atoms with Crippen LogP contribution in [0.25, 0.3) is 11.3 Å². The van der Waals surface area contributed by atoms with Gasteiger partial charge in [-0.15, -0.1) is 0 Å². The first-order valence-electron chi connectivity index (χ1n) is 13.2. The van der Waals surface area contributed by atoms with Gasteiger partial charge < -0.3 is 4.90 Å². The topological polar surface area (TPSA) is 44.8 Å². The molecular weight excluding hydrogens is 468 g/mol. The third kappa shape index (κ3) is 4.63. The lowest BCUT2D eigenvalue weighted by atomic mass is 10.1. The lowest BCUT2D eigenvalue weighted by Crippen LogP contribution is -2.60. The number of anilines is 3. The standard InChI is InChI=1S/C32H32N4Si/c1-25-22-31(35-34-25)26-12-10-15-28(23-26)36(27-13-4-2-5-14-27)29-16-11-17-30(24-29)37(20-8-3-9-21-37)32-18-6-7-19-33-32/h2,4-7,10-19,22-24H,3,8-9,20-21H2,1H3,(H,34,35). The predicted octanol–water partition coefficient (Wildman–Crippen LogP) is 7.00. The summed E-state index contributed by atoms with van der Waals surface area (Å²) in [6.45, 7) is 2.04. The highest BCUT2D eigenvalue weighted by Crippen LogP contribution is 2.37. The van der Waals surface area contributed by atoms with Crippen LogP contribution in [0.1, 0.15) is 25.0 Å². The van der Waals surface area contributed by atoms with Crippen LogP contribution in [0.5, 0.6) is 0 Å². The van der Waals surface area contributed by atoms with E-state index < -0.39 is 8.07 Å². The number of aromatic amines is 1. The maximum atomic E-state index is 4.93. The van der Waals surface area contributed by atoms with E-state index in [2.05, 4.69) is 112 Å². The maximum absolute atomic E-state index is 4.93. The van der Waals surface area contributed by atoms with Gasteiger partial charge in [0.1, 0.15) is 8.07 Å². The summed E-state index contributed by atoms with van der Waals surface area (Å²) in [6, 6.07) is 39.7. The zero-order valence-electron chi connectivity index (χ0n) is 21.3. The van der Waals surface area contributed by atoms with Gasteiger partial charge in [0, 0.05) is 39.8 Å². The molecule has 5 aromatic rings. The summed E-state index contributed by atoms with van der Waals surface area (Å²) in [5, 5.41) is 10.4. The summed E-state index contributed by atoms with van der Waals surface area (Å²) >= 11 is 0. The van der Waals surface area contributed by atoms with Crippen LogP contribution in [0.4, 0.5) is 17.1 Å². The molecule has 0 radical (unpaired) electrons. The highest BCUT2D eigenvalue weighted by molar-refractivity contribution is 7.02. The van der Waals surface area contributed by atoms with Crippen LogP contribution < -0.4 is 15.4 Å². The second-order valence-corrected chi connectivity index (χ2v) is 14.3. The van der Waals surface area contributed by atoms with Crippen molar-refractivity contribution in [2.24, 2.45) is 0 Å². The summed E-state index contributed by atoms with van der Waals surface area (Å²) in [6.07, 6.45) is 5.89. The van der Waals surface area contributed by atoms with Gasteiger partial charge in [-0.25, -0.2) is 0 Å². The molecule has 1 fully saturated rings. The number of aryl methyl sites for hydroxylation is 1. The minimum Gasteiger partial charge on any atom is -0.310 e. The molecule has 3 heterocycles. The number of para-hydroxylation sites is 1. The number of nitrogens with one attached hydrogen (secondary N) is 1. The Bertz CT molecular complexity index is 1470. The third-order valence-corrected chi connectivity index (χ3v) is 12.7. The van der Waals surface area contributed by atoms with Crippen LogP contribution in [0.2, 0.25) is 12.1 Å². The maximum Gasteiger partial charge on any atom is 0.141 e. The highest BCUT2D eigenvalue weighted by Gasteiger charge is 2.40. The average molecular weight is 501 g/mol. The van der Waals surface area contributed by atoms with E-state index in [0.717, 1.165) is 28.3 Å². The predicted molar refractivity (Wildman–Crippen MR) is 156 cm³/mol. The van der Waals surface area contributed by atoms with Gasteiger partial charge in [0.15, 0.2) is 0 Å². The minimum absolute atomic E-state index is 0.963. The summed E-state index contributed by atoms with van der Waals surface area (Å²) in [5.74, 6) is 0. The minimum atomic E-state index is -1.93. The molecule has 0 atom stereocenters. The monoisotopic (exact) mass is 500 g/mol. The van der Waals surface area contributed by atoms with Crippen molar-refractivity contribution < 1.29 is 0 Å². The number of hydrogen-bond donors (Lipinski definition) is 1. The van der Waals surface area contributed by atoms with E-state index in [1.54, 1.807) is 0 Å². The average Bonchev–Trinajstić information content (AvgIpc) is 3.41. The van der Waals surface area contributed by atoms with Gasteiger partial charge in [0.25, 0.3) is 0 Å². The van der Waals surface area contributed by atoms with Crippen molar-refractivity contribution in [3.8, 4) is 11.3 Å². The van der Waals surface area contributed by atoms with Crippen molar-refractivity contribution in [2.45, 2.75) is 38.3 Å². The summed E-state index contributed by atoms with van der Waals surface area (Å²) in [4.78, 5) is 7.30. The molecule has 184 valence electrons. The molecule has 37 heavy (non-hydrogen) atoms. The largest absolute Gasteiger partial charge is 0.310 e. The summed E-state index contributed by atoms with van der Waals surface area (Å²) in [7, 11) is -1.93. The van der Waals surface area contributed by atoms with Crippen molar-refractivity contribution in [3.63, 3.8) is 0 Å². The molecule has 1 N–H and O–H groups in total. The molecule has 0 amide bonds. The van der Waals surface area contributed by atoms with Gasteiger partial charge in [0.05, 0.1) is 5.69 Å². The smallest absolute Gasteiger partial charge is 0.141 e. The number of H-pyrrole nitrogens is 1. The number of hydrogen-bond acceptors (Lipinski definition) is 3. The Labute approximate surface area is 220 Å². The van der Waals surface area contributed by atoms with Crippen molar-refractivity contribution in [2.75, 3.05) is 4.90 Å². The molecule has 3 aromatic carbocycles. The number of rotatable bonds is 6. The van der Waals surface area contributed by atoms with Gasteiger partial charge in [-0.2, -0.15) is 5.10 Å². The number of benzene rings is 3. The third-order valence-electron chi connectivity index (χ3n) is 7.64. The Morgan fingerprint density at radius 2 is 1.43 bits per heavy atom. The first-order valence-corrected chi connectivity index (χ1v) is 15.6. The molecule has 5 heteroatoms. The molecule has 0 spiro atoms. The zero-order valence-corrected chi connectivity index (χ0v) is 22.3. The fraction of sp³-hybridized carbons (Fsp3) is 0.188. The molecule has 0 bridgehead atoms. The van der Waals surface area contributed by atoms with Gasteiger partial charge in [-0.3, -0.25) is 10.1 Å². The van der Waals surface area contributed by atoms with Crippen LogP contribution >= 0.6 is 0 Å². The first kappa shape index (κ1) is 23.4. The van der Waals surface area contributed by atoms with E-state index in [0.29, 0.717) is 0 Å². The Kier molecular flexibility index (Phi) is 6.45. The van der Waals surface area contributed by atoms with E-state index in [4.69, 9.17) is 4.98 Å². The second kappa shape index (κ2) is 10.2. The van der Waals surface area contributed by atoms with Crippen LogP contribution in [-0.2, 0) is 0 Å². The van der Waals surface area contributed by atoms with E-state index in [1.165, 1.54) is 47.5 Å². The van der Waals surface area contributed by atoms with Crippen LogP contribution in [0.3, 0.4) is 0 Å². The Morgan fingerprint density at radius 1 is 0.703 bits per heavy atom. The molecule has 4 nitrogen and oxygen atoms in total. The SMILES string of the molecule is Cc1cc(-c2cccc(N(c3ccccc3)c3cccc([Si]4(c5ccccn5)CCCCC4)c3)c2)n[nH]1. The van der Waals surface area contributed by atoms with Crippen molar-refractivity contribution in [1.29, 1.82) is 0 Å². The lowest BCUT2D eigenvalue weighted by Gasteiger charge is -2.36. The molecule has 0 saturated carbocycles. The summed E-state index contributed by atoms with van der Waals surface area (Å²) in [5.41, 5.74) is 6.58. The fourth-order valence-electron chi connectivity index (χ4n) is 5.83. The number of aromatic nitrogens is 3. The van der Waals surface area contributed by atoms with E-state index in [-0.39, 0.29) is 0 Å². The Hall–Kier alpha value is -3.96. The van der Waals surface area contributed by atoms with Crippen molar-refractivity contribution >= 4 is 35.6 Å².